The Balaban J connectivity index is 1.77. The number of rotatable bonds is 3. The van der Waals surface area contributed by atoms with Gasteiger partial charge in [-0.2, -0.15) is 0 Å². The van der Waals surface area contributed by atoms with Crippen LogP contribution in [0, 0.1) is 23.7 Å². The molecule has 2 fully saturated rings. The standard InChI is InChI=1S/C11H21N/c1-7(2)3-11(12)10-5-8-4-9(8)6-10/h7-11H,3-6,12H2,1-2H3. The third-order valence-electron chi connectivity index (χ3n) is 3.63. The average molecular weight is 167 g/mol. The zero-order chi connectivity index (χ0) is 8.72. The van der Waals surface area contributed by atoms with Gasteiger partial charge in [-0.25, -0.2) is 0 Å². The molecule has 0 aromatic rings. The van der Waals surface area contributed by atoms with Crippen molar-refractivity contribution in [2.75, 3.05) is 0 Å². The molecule has 0 heterocycles. The number of nitrogens with two attached hydrogens (primary N) is 1. The highest BCUT2D eigenvalue weighted by molar-refractivity contribution is 4.98. The van der Waals surface area contributed by atoms with Crippen molar-refractivity contribution in [2.45, 2.75) is 45.6 Å². The Morgan fingerprint density at radius 3 is 2.25 bits per heavy atom. The van der Waals surface area contributed by atoms with E-state index in [1.807, 2.05) is 0 Å². The largest absolute Gasteiger partial charge is 0.327 e. The van der Waals surface area contributed by atoms with Crippen LogP contribution in [0.25, 0.3) is 0 Å². The zero-order valence-corrected chi connectivity index (χ0v) is 8.29. The Morgan fingerprint density at radius 1 is 1.17 bits per heavy atom. The van der Waals surface area contributed by atoms with E-state index in [4.69, 9.17) is 5.73 Å². The Morgan fingerprint density at radius 2 is 1.75 bits per heavy atom. The average Bonchev–Trinajstić information content (AvgIpc) is 2.57. The van der Waals surface area contributed by atoms with Crippen molar-refractivity contribution in [3.63, 3.8) is 0 Å². The predicted molar refractivity (Wildman–Crippen MR) is 51.8 cm³/mol. The normalized spacial score (nSPS) is 41.5. The number of hydrogen-bond acceptors (Lipinski definition) is 1. The van der Waals surface area contributed by atoms with E-state index in [2.05, 4.69) is 13.8 Å². The van der Waals surface area contributed by atoms with Gasteiger partial charge in [0.2, 0.25) is 0 Å². The Kier molecular flexibility index (Phi) is 2.16. The van der Waals surface area contributed by atoms with E-state index in [-0.39, 0.29) is 0 Å². The molecule has 3 atom stereocenters. The van der Waals surface area contributed by atoms with E-state index in [0.29, 0.717) is 6.04 Å². The van der Waals surface area contributed by atoms with Gasteiger partial charge in [0.25, 0.3) is 0 Å². The summed E-state index contributed by atoms with van der Waals surface area (Å²) >= 11 is 0. The zero-order valence-electron chi connectivity index (χ0n) is 8.29. The third-order valence-corrected chi connectivity index (χ3v) is 3.63. The van der Waals surface area contributed by atoms with Gasteiger partial charge in [-0.15, -0.1) is 0 Å². The molecule has 0 amide bonds. The number of hydrogen-bond donors (Lipinski definition) is 1. The lowest BCUT2D eigenvalue weighted by Crippen LogP contribution is -2.30. The van der Waals surface area contributed by atoms with Crippen LogP contribution in [0.5, 0.6) is 0 Å². The molecule has 1 nitrogen and oxygen atoms in total. The molecule has 2 aliphatic carbocycles. The van der Waals surface area contributed by atoms with Crippen molar-refractivity contribution in [3.8, 4) is 0 Å². The predicted octanol–water partition coefficient (Wildman–Crippen LogP) is 2.41. The van der Waals surface area contributed by atoms with Crippen LogP contribution >= 0.6 is 0 Å². The maximum Gasteiger partial charge on any atom is 0.00698 e. The topological polar surface area (TPSA) is 26.0 Å². The first-order valence-corrected chi connectivity index (χ1v) is 5.42. The summed E-state index contributed by atoms with van der Waals surface area (Å²) in [4.78, 5) is 0. The fourth-order valence-corrected chi connectivity index (χ4v) is 2.85. The number of fused-ring (bicyclic) bond motifs is 1. The van der Waals surface area contributed by atoms with Crippen LogP contribution in [-0.2, 0) is 0 Å². The van der Waals surface area contributed by atoms with Crippen molar-refractivity contribution < 1.29 is 0 Å². The monoisotopic (exact) mass is 167 g/mol. The second kappa shape index (κ2) is 3.02. The summed E-state index contributed by atoms with van der Waals surface area (Å²) in [7, 11) is 0. The summed E-state index contributed by atoms with van der Waals surface area (Å²) in [5, 5.41) is 0. The fourth-order valence-electron chi connectivity index (χ4n) is 2.85. The molecule has 0 aliphatic heterocycles. The minimum Gasteiger partial charge on any atom is -0.327 e. The molecule has 3 unspecified atom stereocenters. The molecule has 0 bridgehead atoms. The van der Waals surface area contributed by atoms with Gasteiger partial charge in [-0.05, 0) is 49.4 Å². The van der Waals surface area contributed by atoms with Crippen LogP contribution in [-0.4, -0.2) is 6.04 Å². The van der Waals surface area contributed by atoms with Crippen molar-refractivity contribution in [3.05, 3.63) is 0 Å². The molecule has 2 saturated carbocycles. The van der Waals surface area contributed by atoms with Crippen LogP contribution in [0.15, 0.2) is 0 Å². The summed E-state index contributed by atoms with van der Waals surface area (Å²) in [6.45, 7) is 4.55. The fraction of sp³-hybridized carbons (Fsp3) is 1.00. The molecule has 12 heavy (non-hydrogen) atoms. The summed E-state index contributed by atoms with van der Waals surface area (Å²) in [5.74, 6) is 3.83. The maximum absolute atomic E-state index is 6.16. The minimum atomic E-state index is 0.498. The molecule has 70 valence electrons. The van der Waals surface area contributed by atoms with Gasteiger partial charge in [0, 0.05) is 6.04 Å². The summed E-state index contributed by atoms with van der Waals surface area (Å²) in [5.41, 5.74) is 6.16. The maximum atomic E-state index is 6.16. The van der Waals surface area contributed by atoms with Gasteiger partial charge >= 0.3 is 0 Å². The lowest BCUT2D eigenvalue weighted by atomic mass is 9.89. The van der Waals surface area contributed by atoms with E-state index in [9.17, 15) is 0 Å². The smallest absolute Gasteiger partial charge is 0.00698 e. The molecule has 2 rings (SSSR count). The van der Waals surface area contributed by atoms with Crippen LogP contribution in [0.3, 0.4) is 0 Å². The Bertz CT molecular complexity index is 154. The summed E-state index contributed by atoms with van der Waals surface area (Å²) in [6, 6.07) is 0.498. The molecule has 0 spiro atoms. The van der Waals surface area contributed by atoms with Crippen LogP contribution in [0.2, 0.25) is 0 Å². The van der Waals surface area contributed by atoms with Gasteiger partial charge in [0.15, 0.2) is 0 Å². The van der Waals surface area contributed by atoms with Crippen molar-refractivity contribution >= 4 is 0 Å². The quantitative estimate of drug-likeness (QED) is 0.686. The lowest BCUT2D eigenvalue weighted by Gasteiger charge is -2.22. The Hall–Kier alpha value is -0.0400. The first-order chi connectivity index (χ1) is 5.66. The third kappa shape index (κ3) is 1.66. The van der Waals surface area contributed by atoms with Crippen LogP contribution < -0.4 is 5.73 Å². The Labute approximate surface area is 75.7 Å². The van der Waals surface area contributed by atoms with Crippen LogP contribution in [0.4, 0.5) is 0 Å². The second-order valence-electron chi connectivity index (χ2n) is 5.28. The summed E-state index contributed by atoms with van der Waals surface area (Å²) in [6.07, 6.45) is 5.63. The SMILES string of the molecule is CC(C)CC(N)C1CC2CC2C1. The van der Waals surface area contributed by atoms with E-state index in [1.54, 1.807) is 0 Å². The molecule has 0 saturated heterocycles. The molecule has 0 radical (unpaired) electrons. The van der Waals surface area contributed by atoms with Gasteiger partial charge in [0.1, 0.15) is 0 Å². The van der Waals surface area contributed by atoms with Gasteiger partial charge in [0.05, 0.1) is 0 Å². The van der Waals surface area contributed by atoms with Gasteiger partial charge in [-0.3, -0.25) is 0 Å². The highest BCUT2D eigenvalue weighted by atomic mass is 14.7. The molecule has 2 N–H and O–H groups in total. The van der Waals surface area contributed by atoms with Gasteiger partial charge < -0.3 is 5.73 Å². The van der Waals surface area contributed by atoms with Crippen molar-refractivity contribution in [1.82, 2.24) is 0 Å². The first-order valence-electron chi connectivity index (χ1n) is 5.42. The van der Waals surface area contributed by atoms with Gasteiger partial charge in [-0.1, -0.05) is 13.8 Å². The van der Waals surface area contributed by atoms with E-state index < -0.39 is 0 Å². The van der Waals surface area contributed by atoms with E-state index in [0.717, 1.165) is 23.7 Å². The molecular weight excluding hydrogens is 146 g/mol. The molecular formula is C11H21N. The highest BCUT2D eigenvalue weighted by Gasteiger charge is 2.47. The molecule has 0 aromatic heterocycles. The van der Waals surface area contributed by atoms with E-state index in [1.165, 1.54) is 25.7 Å². The summed E-state index contributed by atoms with van der Waals surface area (Å²) < 4.78 is 0. The van der Waals surface area contributed by atoms with Crippen molar-refractivity contribution in [2.24, 2.45) is 29.4 Å². The molecule has 1 heteroatoms. The second-order valence-corrected chi connectivity index (χ2v) is 5.28. The lowest BCUT2D eigenvalue weighted by molar-refractivity contribution is 0.345. The highest BCUT2D eigenvalue weighted by Crippen LogP contribution is 2.55. The van der Waals surface area contributed by atoms with Crippen LogP contribution in [0.1, 0.15) is 39.5 Å². The molecule has 2 aliphatic rings. The first kappa shape index (κ1) is 8.55. The minimum absolute atomic E-state index is 0.498. The van der Waals surface area contributed by atoms with Crippen molar-refractivity contribution in [1.29, 1.82) is 0 Å². The van der Waals surface area contributed by atoms with E-state index >= 15 is 0 Å². The molecule has 0 aromatic carbocycles.